The summed E-state index contributed by atoms with van der Waals surface area (Å²) in [4.78, 5) is 12.0. The van der Waals surface area contributed by atoms with E-state index in [1.165, 1.54) is 5.56 Å². The van der Waals surface area contributed by atoms with Crippen LogP contribution in [0.25, 0.3) is 0 Å². The van der Waals surface area contributed by atoms with Gasteiger partial charge in [0.05, 0.1) is 0 Å². The maximum Gasteiger partial charge on any atom is 0.267 e. The monoisotopic (exact) mass is 285 g/mol. The predicted molar refractivity (Wildman–Crippen MR) is 85.4 cm³/mol. The normalized spacial score (nSPS) is 12.1. The molecule has 2 rings (SSSR count). The van der Waals surface area contributed by atoms with Crippen molar-refractivity contribution in [2.75, 3.05) is 13.6 Å². The van der Waals surface area contributed by atoms with Gasteiger partial charge >= 0.3 is 0 Å². The number of aromatic nitrogens is 1. The minimum Gasteiger partial charge on any atom is -0.351 e. The molecule has 1 aromatic carbocycles. The smallest absolute Gasteiger partial charge is 0.267 e. The van der Waals surface area contributed by atoms with Crippen LogP contribution in [0.4, 0.5) is 0 Å². The Hall–Kier alpha value is -2.07. The fourth-order valence-corrected chi connectivity index (χ4v) is 2.39. The van der Waals surface area contributed by atoms with Crippen LogP contribution in [0.2, 0.25) is 0 Å². The number of amides is 1. The van der Waals surface area contributed by atoms with E-state index in [2.05, 4.69) is 34.9 Å². The van der Waals surface area contributed by atoms with E-state index in [0.717, 1.165) is 12.8 Å². The Balaban J connectivity index is 1.78. The molecule has 0 saturated carbocycles. The minimum absolute atomic E-state index is 0.0166. The van der Waals surface area contributed by atoms with Gasteiger partial charge in [-0.1, -0.05) is 30.3 Å². The number of hydrogen-bond acceptors (Lipinski definition) is 2. The molecule has 0 fully saturated rings. The first-order chi connectivity index (χ1) is 10.2. The zero-order chi connectivity index (χ0) is 15.1. The average molecular weight is 285 g/mol. The van der Waals surface area contributed by atoms with Gasteiger partial charge in [-0.3, -0.25) is 4.79 Å². The van der Waals surface area contributed by atoms with Crippen LogP contribution in [0.5, 0.6) is 0 Å². The molecular formula is C17H23N3O. The molecule has 2 N–H and O–H groups in total. The maximum absolute atomic E-state index is 12.0. The molecule has 1 heterocycles. The first-order valence-corrected chi connectivity index (χ1v) is 7.31. The second kappa shape index (κ2) is 7.64. The topological polar surface area (TPSA) is 46.1 Å². The van der Waals surface area contributed by atoms with E-state index in [0.29, 0.717) is 18.3 Å². The van der Waals surface area contributed by atoms with Gasteiger partial charge in [-0.25, -0.2) is 0 Å². The van der Waals surface area contributed by atoms with Gasteiger partial charge < -0.3 is 15.2 Å². The molecule has 0 saturated heterocycles. The molecule has 21 heavy (non-hydrogen) atoms. The quantitative estimate of drug-likeness (QED) is 0.817. The molecule has 4 heteroatoms. The summed E-state index contributed by atoms with van der Waals surface area (Å²) in [7, 11) is 3.84. The third-order valence-electron chi connectivity index (χ3n) is 3.69. The van der Waals surface area contributed by atoms with Crippen molar-refractivity contribution in [3.05, 3.63) is 59.9 Å². The van der Waals surface area contributed by atoms with Crippen LogP contribution in [-0.2, 0) is 13.5 Å². The van der Waals surface area contributed by atoms with E-state index in [1.54, 1.807) is 0 Å². The lowest BCUT2D eigenvalue weighted by Gasteiger charge is -2.16. The molecule has 1 atom stereocenters. The fourth-order valence-electron chi connectivity index (χ4n) is 2.39. The van der Waals surface area contributed by atoms with Gasteiger partial charge in [-0.15, -0.1) is 0 Å². The summed E-state index contributed by atoms with van der Waals surface area (Å²) in [6, 6.07) is 14.5. The van der Waals surface area contributed by atoms with Gasteiger partial charge in [-0.05, 0) is 37.6 Å². The molecule has 0 aliphatic carbocycles. The van der Waals surface area contributed by atoms with Crippen LogP contribution in [-0.4, -0.2) is 30.1 Å². The van der Waals surface area contributed by atoms with E-state index in [9.17, 15) is 4.79 Å². The molecule has 1 unspecified atom stereocenters. The van der Waals surface area contributed by atoms with Crippen LogP contribution in [0.1, 0.15) is 22.5 Å². The predicted octanol–water partition coefficient (Wildman–Crippen LogP) is 1.98. The molecule has 1 aromatic heterocycles. The highest BCUT2D eigenvalue weighted by Gasteiger charge is 2.10. The summed E-state index contributed by atoms with van der Waals surface area (Å²) < 4.78 is 1.83. The summed E-state index contributed by atoms with van der Waals surface area (Å²) in [6.45, 7) is 0.669. The Morgan fingerprint density at radius 2 is 1.95 bits per heavy atom. The number of carbonyl (C=O) groups is 1. The maximum atomic E-state index is 12.0. The fraction of sp³-hybridized carbons (Fsp3) is 0.353. The second-order valence-electron chi connectivity index (χ2n) is 5.22. The highest BCUT2D eigenvalue weighted by atomic mass is 16.1. The van der Waals surface area contributed by atoms with Crippen LogP contribution >= 0.6 is 0 Å². The highest BCUT2D eigenvalue weighted by Crippen LogP contribution is 2.05. The van der Waals surface area contributed by atoms with Gasteiger partial charge in [-0.2, -0.15) is 0 Å². The SMILES string of the molecule is CNC(CCNC(=O)c1cccn1C)Cc1ccccc1. The number of hydrogen-bond donors (Lipinski definition) is 2. The van der Waals surface area contributed by atoms with Crippen molar-refractivity contribution in [2.24, 2.45) is 7.05 Å². The Labute approximate surface area is 126 Å². The average Bonchev–Trinajstić information content (AvgIpc) is 2.93. The molecule has 2 aromatic rings. The van der Waals surface area contributed by atoms with Crippen molar-refractivity contribution < 1.29 is 4.79 Å². The summed E-state index contributed by atoms with van der Waals surface area (Å²) in [5, 5.41) is 6.29. The van der Waals surface area contributed by atoms with Gasteiger partial charge in [0.15, 0.2) is 0 Å². The number of rotatable bonds is 7. The number of carbonyl (C=O) groups excluding carboxylic acids is 1. The lowest BCUT2D eigenvalue weighted by Crippen LogP contribution is -2.34. The van der Waals surface area contributed by atoms with Crippen molar-refractivity contribution >= 4 is 5.91 Å². The number of nitrogens with one attached hydrogen (secondary N) is 2. The van der Waals surface area contributed by atoms with Crippen molar-refractivity contribution in [2.45, 2.75) is 18.9 Å². The zero-order valence-corrected chi connectivity index (χ0v) is 12.7. The van der Waals surface area contributed by atoms with Crippen LogP contribution < -0.4 is 10.6 Å². The van der Waals surface area contributed by atoms with Crippen LogP contribution in [0.3, 0.4) is 0 Å². The first kappa shape index (κ1) is 15.3. The van der Waals surface area contributed by atoms with E-state index in [4.69, 9.17) is 0 Å². The van der Waals surface area contributed by atoms with E-state index in [-0.39, 0.29) is 5.91 Å². The van der Waals surface area contributed by atoms with E-state index < -0.39 is 0 Å². The third kappa shape index (κ3) is 4.46. The summed E-state index contributed by atoms with van der Waals surface area (Å²) in [5.74, 6) is -0.0166. The number of benzene rings is 1. The van der Waals surface area contributed by atoms with E-state index >= 15 is 0 Å². The van der Waals surface area contributed by atoms with Crippen molar-refractivity contribution in [1.82, 2.24) is 15.2 Å². The molecule has 4 nitrogen and oxygen atoms in total. The minimum atomic E-state index is -0.0166. The molecular weight excluding hydrogens is 262 g/mol. The van der Waals surface area contributed by atoms with Crippen LogP contribution in [0.15, 0.2) is 48.7 Å². The van der Waals surface area contributed by atoms with Gasteiger partial charge in [0, 0.05) is 25.8 Å². The Morgan fingerprint density at radius 1 is 1.19 bits per heavy atom. The Morgan fingerprint density at radius 3 is 2.57 bits per heavy atom. The first-order valence-electron chi connectivity index (χ1n) is 7.31. The standard InChI is InChI=1S/C17H23N3O/c1-18-15(13-14-7-4-3-5-8-14)10-11-19-17(21)16-9-6-12-20(16)2/h3-9,12,15,18H,10-11,13H2,1-2H3,(H,19,21). The Kier molecular flexibility index (Phi) is 5.58. The largest absolute Gasteiger partial charge is 0.351 e. The summed E-state index contributed by atoms with van der Waals surface area (Å²) >= 11 is 0. The molecule has 0 bridgehead atoms. The highest BCUT2D eigenvalue weighted by molar-refractivity contribution is 5.92. The molecule has 1 amide bonds. The van der Waals surface area contributed by atoms with Crippen molar-refractivity contribution in [3.8, 4) is 0 Å². The molecule has 0 spiro atoms. The summed E-state index contributed by atoms with van der Waals surface area (Å²) in [6.07, 6.45) is 3.75. The molecule has 0 aliphatic heterocycles. The number of nitrogens with zero attached hydrogens (tertiary/aromatic N) is 1. The lowest BCUT2D eigenvalue weighted by molar-refractivity contribution is 0.0944. The summed E-state index contributed by atoms with van der Waals surface area (Å²) in [5.41, 5.74) is 2.00. The number of likely N-dealkylation sites (N-methyl/N-ethyl adjacent to an activating group) is 1. The van der Waals surface area contributed by atoms with Gasteiger partial charge in [0.2, 0.25) is 0 Å². The zero-order valence-electron chi connectivity index (χ0n) is 12.7. The number of aryl methyl sites for hydroxylation is 1. The van der Waals surface area contributed by atoms with Crippen molar-refractivity contribution in [1.29, 1.82) is 0 Å². The van der Waals surface area contributed by atoms with Gasteiger partial charge in [0.1, 0.15) is 5.69 Å². The molecule has 112 valence electrons. The Bertz CT molecular complexity index is 562. The molecule has 0 radical (unpaired) electrons. The van der Waals surface area contributed by atoms with Crippen molar-refractivity contribution in [3.63, 3.8) is 0 Å². The second-order valence-corrected chi connectivity index (χ2v) is 5.22. The third-order valence-corrected chi connectivity index (χ3v) is 3.69. The van der Waals surface area contributed by atoms with Gasteiger partial charge in [0.25, 0.3) is 5.91 Å². The van der Waals surface area contributed by atoms with Crippen LogP contribution in [0, 0.1) is 0 Å². The lowest BCUT2D eigenvalue weighted by atomic mass is 10.0. The van der Waals surface area contributed by atoms with E-state index in [1.807, 2.05) is 43.1 Å². The molecule has 0 aliphatic rings.